The topological polar surface area (TPSA) is 214 Å². The lowest BCUT2D eigenvalue weighted by Gasteiger charge is -2.11. The third kappa shape index (κ3) is 18.9. The Morgan fingerprint density at radius 2 is 0.950 bits per heavy atom. The second kappa shape index (κ2) is 31.1. The number of hydrogen-bond acceptors (Lipinski definition) is 18. The van der Waals surface area contributed by atoms with Gasteiger partial charge in [-0.25, -0.2) is 33.8 Å². The van der Waals surface area contributed by atoms with E-state index in [4.69, 9.17) is 37.9 Å². The molecule has 0 spiro atoms. The zero-order chi connectivity index (χ0) is 56.3. The second-order valence-electron chi connectivity index (χ2n) is 17.6. The Morgan fingerprint density at radius 3 is 1.45 bits per heavy atom. The maximum Gasteiger partial charge on any atom is 0.343 e. The first-order chi connectivity index (χ1) is 39.0. The fourth-order valence-electron chi connectivity index (χ4n) is 7.51. The van der Waals surface area contributed by atoms with Crippen LogP contribution in [0.4, 0.5) is 5.13 Å². The summed E-state index contributed by atoms with van der Waals surface area (Å²) in [5, 5.41) is 4.95. The number of hydrazone groups is 1. The number of benzene rings is 6. The molecule has 1 aromatic heterocycles. The maximum absolute atomic E-state index is 13.5. The first kappa shape index (κ1) is 58.3. The molecular weight excluding hydrogens is 1040 g/mol. The molecule has 0 saturated carbocycles. The smallest absolute Gasteiger partial charge is 0.343 e. The summed E-state index contributed by atoms with van der Waals surface area (Å²) in [7, 11) is 0. The molecule has 0 atom stereocenters. The van der Waals surface area contributed by atoms with Gasteiger partial charge in [-0.3, -0.25) is 5.43 Å². The van der Waals surface area contributed by atoms with Crippen molar-refractivity contribution >= 4 is 68.7 Å². The number of fused-ring (bicyclic) bond motifs is 1. The number of para-hydroxylation sites is 1. The molecule has 1 heterocycles. The fraction of sp³-hybridized carbons (Fsp3) is 0.226. The van der Waals surface area contributed by atoms with Gasteiger partial charge >= 0.3 is 35.8 Å². The molecule has 0 amide bonds. The molecule has 18 heteroatoms. The van der Waals surface area contributed by atoms with E-state index in [2.05, 4.69) is 28.7 Å². The molecule has 7 aromatic rings. The van der Waals surface area contributed by atoms with Gasteiger partial charge in [-0.15, -0.1) is 0 Å². The molecule has 0 aliphatic carbocycles. The van der Waals surface area contributed by atoms with Crippen LogP contribution in [0.25, 0.3) is 10.2 Å². The van der Waals surface area contributed by atoms with E-state index in [-0.39, 0.29) is 35.0 Å². The van der Waals surface area contributed by atoms with Crippen molar-refractivity contribution in [2.45, 2.75) is 57.8 Å². The van der Waals surface area contributed by atoms with Gasteiger partial charge in [-0.05, 0) is 178 Å². The first-order valence-corrected chi connectivity index (χ1v) is 26.7. The predicted octanol–water partition coefficient (Wildman–Crippen LogP) is 12.1. The van der Waals surface area contributed by atoms with Gasteiger partial charge in [0.25, 0.3) is 0 Å². The summed E-state index contributed by atoms with van der Waals surface area (Å²) in [6.45, 7) is 8.48. The molecule has 0 unspecified atom stereocenters. The minimum atomic E-state index is -0.675. The van der Waals surface area contributed by atoms with Gasteiger partial charge < -0.3 is 37.9 Å². The van der Waals surface area contributed by atoms with Gasteiger partial charge in [0.05, 0.1) is 71.7 Å². The Kier molecular flexibility index (Phi) is 22.7. The summed E-state index contributed by atoms with van der Waals surface area (Å²) >= 11 is 1.43. The molecule has 80 heavy (non-hydrogen) atoms. The van der Waals surface area contributed by atoms with Gasteiger partial charge in [-0.2, -0.15) is 5.10 Å². The Hall–Kier alpha value is -9.42. The van der Waals surface area contributed by atoms with Crippen molar-refractivity contribution < 1.29 is 66.7 Å². The van der Waals surface area contributed by atoms with Crippen LogP contribution in [0, 0.1) is 0 Å². The van der Waals surface area contributed by atoms with E-state index in [1.54, 1.807) is 66.7 Å². The van der Waals surface area contributed by atoms with Gasteiger partial charge in [0, 0.05) is 24.1 Å². The van der Waals surface area contributed by atoms with Crippen LogP contribution < -0.4 is 29.1 Å². The highest BCUT2D eigenvalue weighted by Crippen LogP contribution is 2.27. The van der Waals surface area contributed by atoms with Crippen LogP contribution in [-0.2, 0) is 30.2 Å². The van der Waals surface area contributed by atoms with E-state index >= 15 is 0 Å². The molecule has 6 aromatic carbocycles. The van der Waals surface area contributed by atoms with Crippen LogP contribution in [0.1, 0.15) is 104 Å². The molecule has 0 bridgehead atoms. The van der Waals surface area contributed by atoms with Crippen molar-refractivity contribution in [1.82, 2.24) is 4.98 Å². The number of rotatable bonds is 31. The minimum absolute atomic E-state index is 0.0158. The van der Waals surface area contributed by atoms with Crippen molar-refractivity contribution in [2.75, 3.05) is 38.5 Å². The number of hydrogen-bond donors (Lipinski definition) is 1. The molecule has 1 N–H and O–H groups in total. The zero-order valence-electron chi connectivity index (χ0n) is 43.8. The highest BCUT2D eigenvalue weighted by atomic mass is 32.1. The standard InChI is InChI=1S/C62H59N3O14S/c1-3-56(66)74-38-13-7-5-11-36-72-49-26-18-45(19-27-49)59(69)77-51-30-22-44(23-31-51)58(68)76-40-35-43-17-34-54(48(41-43)42-63-65-62-64-53-15-9-10-16-55(53)80-62)79-61(71)47-24-32-52(33-25-47)78-60(70)46-20-28-50(29-21-46)73-37-12-6-8-14-39-75-57(67)4-2/h3-4,9-10,15-34,41-42H,1-2,5-8,11-14,35-40H2,(H,64,65)/b63-42+. The average molecular weight is 1100 g/mol. The summed E-state index contributed by atoms with van der Waals surface area (Å²) in [6.07, 6.45) is 10.9. The van der Waals surface area contributed by atoms with Crippen LogP contribution in [0.5, 0.6) is 28.7 Å². The van der Waals surface area contributed by atoms with Crippen LogP contribution in [0.3, 0.4) is 0 Å². The predicted molar refractivity (Wildman–Crippen MR) is 302 cm³/mol. The number of unbranched alkanes of at least 4 members (excludes halogenated alkanes) is 6. The van der Waals surface area contributed by atoms with Crippen molar-refractivity contribution in [1.29, 1.82) is 0 Å². The van der Waals surface area contributed by atoms with Crippen molar-refractivity contribution in [2.24, 2.45) is 5.10 Å². The van der Waals surface area contributed by atoms with Gasteiger partial charge in [0.1, 0.15) is 28.7 Å². The summed E-state index contributed by atoms with van der Waals surface area (Å²) in [5.74, 6) is -1.39. The number of ether oxygens (including phenoxy) is 8. The normalized spacial score (nSPS) is 10.8. The molecule has 17 nitrogen and oxygen atoms in total. The van der Waals surface area contributed by atoms with Crippen molar-refractivity contribution in [3.8, 4) is 28.7 Å². The number of anilines is 1. The summed E-state index contributed by atoms with van der Waals surface area (Å²) in [5.41, 5.74) is 6.04. The van der Waals surface area contributed by atoms with Gasteiger partial charge in [-0.1, -0.05) is 42.7 Å². The number of nitrogens with zero attached hydrogens (tertiary/aromatic N) is 2. The Labute approximate surface area is 466 Å². The van der Waals surface area contributed by atoms with E-state index in [0.29, 0.717) is 66.2 Å². The fourth-order valence-corrected chi connectivity index (χ4v) is 8.33. The molecule has 0 saturated heterocycles. The lowest BCUT2D eigenvalue weighted by atomic mass is 10.1. The van der Waals surface area contributed by atoms with E-state index in [0.717, 1.165) is 79.3 Å². The molecule has 0 aliphatic rings. The Morgan fingerprint density at radius 1 is 0.487 bits per heavy atom. The third-order valence-electron chi connectivity index (χ3n) is 11.8. The molecular formula is C62H59N3O14S. The summed E-state index contributed by atoms with van der Waals surface area (Å²) < 4.78 is 45.1. The third-order valence-corrected chi connectivity index (χ3v) is 12.7. The van der Waals surface area contributed by atoms with E-state index in [9.17, 15) is 28.8 Å². The highest BCUT2D eigenvalue weighted by molar-refractivity contribution is 7.22. The number of nitrogens with one attached hydrogen (secondary N) is 1. The van der Waals surface area contributed by atoms with Gasteiger partial charge in [0.2, 0.25) is 5.13 Å². The lowest BCUT2D eigenvalue weighted by Crippen LogP contribution is -2.12. The maximum atomic E-state index is 13.5. The van der Waals surface area contributed by atoms with E-state index in [1.807, 2.05) is 24.3 Å². The quantitative estimate of drug-likeness (QED) is 0.00814. The number of carbonyl (C=O) groups is 6. The highest BCUT2D eigenvalue weighted by Gasteiger charge is 2.16. The first-order valence-electron chi connectivity index (χ1n) is 25.9. The van der Waals surface area contributed by atoms with Crippen molar-refractivity contribution in [3.63, 3.8) is 0 Å². The minimum Gasteiger partial charge on any atom is -0.494 e. The summed E-state index contributed by atoms with van der Waals surface area (Å²) in [4.78, 5) is 79.2. The Balaban J connectivity index is 0.874. The van der Waals surface area contributed by atoms with E-state index in [1.165, 1.54) is 66.1 Å². The van der Waals surface area contributed by atoms with Gasteiger partial charge in [0.15, 0.2) is 0 Å². The largest absolute Gasteiger partial charge is 0.494 e. The molecule has 0 fully saturated rings. The number of thiazole rings is 1. The molecule has 0 radical (unpaired) electrons. The molecule has 0 aliphatic heterocycles. The summed E-state index contributed by atoms with van der Waals surface area (Å²) in [6, 6.07) is 38.0. The van der Waals surface area contributed by atoms with Crippen LogP contribution in [0.2, 0.25) is 0 Å². The zero-order valence-corrected chi connectivity index (χ0v) is 44.7. The molecule has 412 valence electrons. The number of aromatic nitrogens is 1. The van der Waals surface area contributed by atoms with E-state index < -0.39 is 35.8 Å². The van der Waals surface area contributed by atoms with Crippen molar-refractivity contribution in [3.05, 3.63) is 198 Å². The average Bonchev–Trinajstić information content (AvgIpc) is 3.91. The second-order valence-corrected chi connectivity index (χ2v) is 18.7. The molecule has 7 rings (SSSR count). The monoisotopic (exact) mass is 1100 g/mol. The van der Waals surface area contributed by atoms with Crippen LogP contribution in [0.15, 0.2) is 170 Å². The van der Waals surface area contributed by atoms with Crippen LogP contribution >= 0.6 is 11.3 Å². The number of carbonyl (C=O) groups excluding carboxylic acids is 6. The van der Waals surface area contributed by atoms with Crippen LogP contribution in [-0.4, -0.2) is 80.0 Å². The number of esters is 6. The SMILES string of the molecule is C=CC(=O)OCCCCCCOc1ccc(C(=O)Oc2ccc(C(=O)OCCc3ccc(OC(=O)c4ccc(OC(=O)c5ccc(OCCCCCCOC(=O)C=C)cc5)cc4)c(/C=N/Nc4nc5ccccc5s4)c3)cc2)cc1. The lowest BCUT2D eigenvalue weighted by molar-refractivity contribution is -0.138. The Bertz CT molecular complexity index is 3210.